The third-order valence-corrected chi connectivity index (χ3v) is 5.34. The molecule has 0 radical (unpaired) electrons. The Balaban J connectivity index is 0.00000289. The van der Waals surface area contributed by atoms with Crippen LogP contribution in [0.4, 0.5) is 4.79 Å². The van der Waals surface area contributed by atoms with Crippen molar-refractivity contribution in [1.29, 1.82) is 0 Å². The number of halogens is 1. The van der Waals surface area contributed by atoms with Gasteiger partial charge >= 0.3 is 12.1 Å². The maximum absolute atomic E-state index is 12.2. The summed E-state index contributed by atoms with van der Waals surface area (Å²) in [5.74, 6) is -0.606. The molecule has 1 aliphatic rings. The molecule has 0 aromatic heterocycles. The number of fused-ring (bicyclic) bond motifs is 3. The molecule has 0 fully saturated rings. The van der Waals surface area contributed by atoms with Gasteiger partial charge in [0.25, 0.3) is 0 Å². The number of benzene rings is 3. The van der Waals surface area contributed by atoms with Crippen LogP contribution in [0, 0.1) is 0 Å². The van der Waals surface area contributed by atoms with Crippen LogP contribution < -0.4 is 11.1 Å². The fourth-order valence-electron chi connectivity index (χ4n) is 3.76. The highest BCUT2D eigenvalue weighted by molar-refractivity contribution is 5.85. The highest BCUT2D eigenvalue weighted by Crippen LogP contribution is 2.44. The predicted molar refractivity (Wildman–Crippen MR) is 125 cm³/mol. The van der Waals surface area contributed by atoms with Gasteiger partial charge in [-0.3, -0.25) is 4.79 Å². The Morgan fingerprint density at radius 2 is 1.41 bits per heavy atom. The van der Waals surface area contributed by atoms with Crippen LogP contribution in [0.15, 0.2) is 78.9 Å². The lowest BCUT2D eigenvalue weighted by Gasteiger charge is -2.16. The number of ether oxygens (including phenoxy) is 2. The molecule has 0 saturated carbocycles. The second-order valence-corrected chi connectivity index (χ2v) is 7.41. The molecule has 0 saturated heterocycles. The molecule has 3 aromatic carbocycles. The van der Waals surface area contributed by atoms with Gasteiger partial charge in [0.1, 0.15) is 19.3 Å². The molecule has 4 rings (SSSR count). The van der Waals surface area contributed by atoms with Crippen LogP contribution in [0.2, 0.25) is 0 Å². The number of hydrogen-bond acceptors (Lipinski definition) is 5. The molecule has 0 aliphatic heterocycles. The molecule has 1 amide bonds. The van der Waals surface area contributed by atoms with Crippen molar-refractivity contribution < 1.29 is 19.1 Å². The molecule has 3 N–H and O–H groups in total. The van der Waals surface area contributed by atoms with Gasteiger partial charge in [-0.1, -0.05) is 78.9 Å². The Kier molecular flexibility index (Phi) is 7.87. The second kappa shape index (κ2) is 10.8. The summed E-state index contributed by atoms with van der Waals surface area (Å²) < 4.78 is 10.6. The van der Waals surface area contributed by atoms with Crippen molar-refractivity contribution in [1.82, 2.24) is 5.32 Å². The van der Waals surface area contributed by atoms with E-state index in [1.807, 2.05) is 54.6 Å². The molecule has 7 heteroatoms. The van der Waals surface area contributed by atoms with Crippen LogP contribution in [0.5, 0.6) is 0 Å². The zero-order chi connectivity index (χ0) is 21.6. The van der Waals surface area contributed by atoms with Gasteiger partial charge in [0, 0.05) is 12.5 Å². The van der Waals surface area contributed by atoms with Crippen LogP contribution in [-0.2, 0) is 20.9 Å². The fraction of sp³-hybridized carbons (Fsp3) is 0.200. The zero-order valence-electron chi connectivity index (χ0n) is 17.4. The van der Waals surface area contributed by atoms with Crippen LogP contribution in [0.25, 0.3) is 11.1 Å². The minimum atomic E-state index is -0.968. The summed E-state index contributed by atoms with van der Waals surface area (Å²) in [6.07, 6.45) is -0.617. The van der Waals surface area contributed by atoms with Crippen LogP contribution >= 0.6 is 12.4 Å². The van der Waals surface area contributed by atoms with Crippen molar-refractivity contribution in [3.05, 3.63) is 95.6 Å². The first kappa shape index (κ1) is 23.3. The second-order valence-electron chi connectivity index (χ2n) is 7.41. The lowest BCUT2D eigenvalue weighted by molar-refractivity contribution is -0.146. The van der Waals surface area contributed by atoms with Crippen molar-refractivity contribution in [2.75, 3.05) is 13.2 Å². The Labute approximate surface area is 193 Å². The molecular formula is C25H25ClN2O4. The van der Waals surface area contributed by atoms with E-state index in [4.69, 9.17) is 15.2 Å². The number of rotatable bonds is 7. The lowest BCUT2D eigenvalue weighted by Crippen LogP contribution is -2.43. The van der Waals surface area contributed by atoms with E-state index in [-0.39, 0.29) is 38.1 Å². The van der Waals surface area contributed by atoms with Gasteiger partial charge in [-0.05, 0) is 27.8 Å². The number of carbonyl (C=O) groups excluding carboxylic acids is 2. The van der Waals surface area contributed by atoms with E-state index in [0.717, 1.165) is 27.8 Å². The molecule has 1 unspecified atom stereocenters. The summed E-state index contributed by atoms with van der Waals surface area (Å²) in [5, 5.41) is 2.55. The average molecular weight is 453 g/mol. The van der Waals surface area contributed by atoms with Gasteiger partial charge in [0.2, 0.25) is 0 Å². The molecule has 0 bridgehead atoms. The SMILES string of the molecule is Cl.NC(CNC(=O)OCC1c2ccccc2-c2ccccc21)C(=O)OCc1ccccc1. The highest BCUT2D eigenvalue weighted by Gasteiger charge is 2.29. The standard InChI is InChI=1S/C25H24N2O4.ClH/c26-23(24(28)30-15-17-8-2-1-3-9-17)14-27-25(29)31-16-22-20-12-6-4-10-18(20)19-11-5-7-13-21(19)22;/h1-13,22-23H,14-16,26H2,(H,27,29);1H. The summed E-state index contributed by atoms with van der Waals surface area (Å²) in [4.78, 5) is 24.2. The fourth-order valence-corrected chi connectivity index (χ4v) is 3.76. The normalized spacial score (nSPS) is 12.7. The van der Waals surface area contributed by atoms with Crippen LogP contribution in [-0.4, -0.2) is 31.3 Å². The molecule has 1 atom stereocenters. The van der Waals surface area contributed by atoms with E-state index in [1.54, 1.807) is 0 Å². The summed E-state index contributed by atoms with van der Waals surface area (Å²) in [7, 11) is 0. The van der Waals surface area contributed by atoms with Crippen molar-refractivity contribution in [3.8, 4) is 11.1 Å². The van der Waals surface area contributed by atoms with Crippen molar-refractivity contribution in [2.45, 2.75) is 18.6 Å². The largest absolute Gasteiger partial charge is 0.460 e. The summed E-state index contributed by atoms with van der Waals surface area (Å²) in [6, 6.07) is 24.6. The molecule has 32 heavy (non-hydrogen) atoms. The molecular weight excluding hydrogens is 428 g/mol. The van der Waals surface area contributed by atoms with E-state index in [0.29, 0.717) is 0 Å². The highest BCUT2D eigenvalue weighted by atomic mass is 35.5. The van der Waals surface area contributed by atoms with Crippen molar-refractivity contribution >= 4 is 24.5 Å². The molecule has 166 valence electrons. The van der Waals surface area contributed by atoms with Gasteiger partial charge in [0.15, 0.2) is 0 Å². The minimum Gasteiger partial charge on any atom is -0.460 e. The number of hydrogen-bond donors (Lipinski definition) is 2. The van der Waals surface area contributed by atoms with E-state index in [9.17, 15) is 9.59 Å². The molecule has 0 heterocycles. The first-order chi connectivity index (χ1) is 15.1. The van der Waals surface area contributed by atoms with Crippen LogP contribution in [0.3, 0.4) is 0 Å². The smallest absolute Gasteiger partial charge is 0.407 e. The van der Waals surface area contributed by atoms with E-state index in [2.05, 4.69) is 29.6 Å². The maximum Gasteiger partial charge on any atom is 0.407 e. The first-order valence-corrected chi connectivity index (χ1v) is 10.2. The number of esters is 1. The Hall–Kier alpha value is -3.35. The molecule has 1 aliphatic carbocycles. The number of amides is 1. The van der Waals surface area contributed by atoms with Gasteiger partial charge < -0.3 is 20.5 Å². The predicted octanol–water partition coefficient (Wildman–Crippen LogP) is 4.02. The van der Waals surface area contributed by atoms with Crippen molar-refractivity contribution in [3.63, 3.8) is 0 Å². The van der Waals surface area contributed by atoms with Crippen LogP contribution in [0.1, 0.15) is 22.6 Å². The van der Waals surface area contributed by atoms with Gasteiger partial charge in [-0.15, -0.1) is 12.4 Å². The molecule has 6 nitrogen and oxygen atoms in total. The minimum absolute atomic E-state index is 0. The summed E-state index contributed by atoms with van der Waals surface area (Å²) >= 11 is 0. The zero-order valence-corrected chi connectivity index (χ0v) is 18.2. The van der Waals surface area contributed by atoms with E-state index in [1.165, 1.54) is 0 Å². The first-order valence-electron chi connectivity index (χ1n) is 10.2. The maximum atomic E-state index is 12.2. The summed E-state index contributed by atoms with van der Waals surface area (Å²) in [5.41, 5.74) is 11.3. The van der Waals surface area contributed by atoms with Crippen molar-refractivity contribution in [2.24, 2.45) is 5.73 Å². The van der Waals surface area contributed by atoms with Gasteiger partial charge in [-0.25, -0.2) is 4.79 Å². The lowest BCUT2D eigenvalue weighted by atomic mass is 9.98. The Morgan fingerprint density at radius 3 is 2.03 bits per heavy atom. The third kappa shape index (κ3) is 5.28. The molecule has 3 aromatic rings. The summed E-state index contributed by atoms with van der Waals surface area (Å²) in [6.45, 7) is 0.274. The Morgan fingerprint density at radius 1 is 0.844 bits per heavy atom. The quantitative estimate of drug-likeness (QED) is 0.528. The average Bonchev–Trinajstić information content (AvgIpc) is 3.14. The topological polar surface area (TPSA) is 90.6 Å². The third-order valence-electron chi connectivity index (χ3n) is 5.34. The Bertz CT molecular complexity index is 1030. The number of nitrogens with one attached hydrogen (secondary N) is 1. The van der Waals surface area contributed by atoms with Gasteiger partial charge in [-0.2, -0.15) is 0 Å². The number of nitrogens with two attached hydrogens (primary N) is 1. The van der Waals surface area contributed by atoms with E-state index >= 15 is 0 Å². The van der Waals surface area contributed by atoms with Gasteiger partial charge in [0.05, 0.1) is 0 Å². The molecule has 0 spiro atoms. The monoisotopic (exact) mass is 452 g/mol. The number of alkyl carbamates (subject to hydrolysis) is 1. The number of carbonyl (C=O) groups is 2. The van der Waals surface area contributed by atoms with E-state index < -0.39 is 18.1 Å².